The van der Waals surface area contributed by atoms with E-state index in [0.717, 1.165) is 51.4 Å². The van der Waals surface area contributed by atoms with Crippen molar-refractivity contribution in [1.82, 2.24) is 15.1 Å². The highest BCUT2D eigenvalue weighted by Gasteiger charge is 2.15. The highest BCUT2D eigenvalue weighted by Crippen LogP contribution is 2.24. The molecule has 2 rings (SSSR count). The van der Waals surface area contributed by atoms with Crippen molar-refractivity contribution >= 4 is 5.91 Å². The molecule has 1 aliphatic rings. The van der Waals surface area contributed by atoms with Gasteiger partial charge in [-0.2, -0.15) is 0 Å². The lowest BCUT2D eigenvalue weighted by Crippen LogP contribution is -2.46. The summed E-state index contributed by atoms with van der Waals surface area (Å²) in [5, 5.41) is 2.95. The number of benzene rings is 1. The average Bonchev–Trinajstić information content (AvgIpc) is 2.63. The number of nitrogens with zero attached hydrogens (tertiary/aromatic N) is 2. The molecule has 1 aromatic carbocycles. The van der Waals surface area contributed by atoms with Crippen molar-refractivity contribution in [3.05, 3.63) is 29.8 Å². The molecule has 0 aliphatic carbocycles. The first-order valence-corrected chi connectivity index (χ1v) is 9.83. The maximum Gasteiger partial charge on any atom is 0.257 e. The molecule has 1 heterocycles. The highest BCUT2D eigenvalue weighted by molar-refractivity contribution is 5.77. The molecule has 1 N–H and O–H groups in total. The van der Waals surface area contributed by atoms with Gasteiger partial charge in [-0.15, -0.1) is 0 Å². The van der Waals surface area contributed by atoms with Gasteiger partial charge in [-0.3, -0.25) is 4.79 Å². The Morgan fingerprint density at radius 3 is 2.27 bits per heavy atom. The Morgan fingerprint density at radius 1 is 1.08 bits per heavy atom. The summed E-state index contributed by atoms with van der Waals surface area (Å²) in [5.74, 6) is 0.683. The number of hydrogen-bond acceptors (Lipinski definition) is 4. The number of carbonyl (C=O) groups excluding carboxylic acids is 1. The van der Waals surface area contributed by atoms with Crippen LogP contribution in [0.4, 0.5) is 0 Å². The van der Waals surface area contributed by atoms with Crippen molar-refractivity contribution in [2.24, 2.45) is 0 Å². The Kier molecular flexibility index (Phi) is 7.91. The van der Waals surface area contributed by atoms with Crippen LogP contribution in [0.25, 0.3) is 0 Å². The molecule has 1 saturated heterocycles. The van der Waals surface area contributed by atoms with Crippen LogP contribution in [-0.4, -0.2) is 68.1 Å². The fraction of sp³-hybridized carbons (Fsp3) is 0.667. The number of amides is 1. The largest absolute Gasteiger partial charge is 0.484 e. The van der Waals surface area contributed by atoms with Gasteiger partial charge >= 0.3 is 0 Å². The first-order valence-electron chi connectivity index (χ1n) is 9.83. The molecule has 0 spiro atoms. The van der Waals surface area contributed by atoms with Crippen molar-refractivity contribution in [2.75, 3.05) is 52.4 Å². The van der Waals surface area contributed by atoms with Crippen LogP contribution in [0, 0.1) is 0 Å². The summed E-state index contributed by atoms with van der Waals surface area (Å²) < 4.78 is 5.58. The van der Waals surface area contributed by atoms with Crippen LogP contribution in [0.2, 0.25) is 0 Å². The monoisotopic (exact) mass is 361 g/mol. The highest BCUT2D eigenvalue weighted by atomic mass is 16.5. The summed E-state index contributed by atoms with van der Waals surface area (Å²) in [7, 11) is 0. The second kappa shape index (κ2) is 9.93. The van der Waals surface area contributed by atoms with Crippen LogP contribution in [0.3, 0.4) is 0 Å². The number of rotatable bonds is 8. The number of hydrogen-bond donors (Lipinski definition) is 1. The van der Waals surface area contributed by atoms with Crippen LogP contribution in [-0.2, 0) is 10.2 Å². The first kappa shape index (κ1) is 20.7. The van der Waals surface area contributed by atoms with E-state index in [9.17, 15) is 4.79 Å². The Labute approximate surface area is 158 Å². The third kappa shape index (κ3) is 6.96. The second-order valence-corrected chi connectivity index (χ2v) is 8.04. The standard InChI is InChI=1S/C21H35N3O2/c1-5-23-13-15-24(16-14-23)12-6-11-22-20(25)17-26-19-9-7-18(8-10-19)21(2,3)4/h7-10H,5-6,11-17H2,1-4H3,(H,22,25). The van der Waals surface area contributed by atoms with Crippen LogP contribution < -0.4 is 10.1 Å². The maximum absolute atomic E-state index is 11.9. The van der Waals surface area contributed by atoms with Gasteiger partial charge in [0.05, 0.1) is 0 Å². The Morgan fingerprint density at radius 2 is 1.69 bits per heavy atom. The van der Waals surface area contributed by atoms with E-state index in [0.29, 0.717) is 6.54 Å². The van der Waals surface area contributed by atoms with E-state index in [1.807, 2.05) is 12.1 Å². The molecule has 0 bridgehead atoms. The van der Waals surface area contributed by atoms with Crippen LogP contribution in [0.5, 0.6) is 5.75 Å². The Bertz CT molecular complexity index is 543. The number of likely N-dealkylation sites (N-methyl/N-ethyl adjacent to an activating group) is 1. The quantitative estimate of drug-likeness (QED) is 0.723. The molecule has 0 saturated carbocycles. The van der Waals surface area contributed by atoms with Crippen molar-refractivity contribution in [2.45, 2.75) is 39.5 Å². The molecule has 1 amide bonds. The molecule has 0 atom stereocenters. The predicted octanol–water partition coefficient (Wildman–Crippen LogP) is 2.51. The molecular weight excluding hydrogens is 326 g/mol. The molecule has 26 heavy (non-hydrogen) atoms. The Balaban J connectivity index is 1.58. The van der Waals surface area contributed by atoms with Gasteiger partial charge in [0.15, 0.2) is 6.61 Å². The van der Waals surface area contributed by atoms with Crippen LogP contribution in [0.1, 0.15) is 39.7 Å². The molecule has 1 aliphatic heterocycles. The molecule has 1 aromatic rings. The first-order chi connectivity index (χ1) is 12.4. The minimum absolute atomic E-state index is 0.0549. The SMILES string of the molecule is CCN1CCN(CCCNC(=O)COc2ccc(C(C)(C)C)cc2)CC1. The minimum atomic E-state index is -0.0549. The van der Waals surface area contributed by atoms with Crippen molar-refractivity contribution in [3.63, 3.8) is 0 Å². The van der Waals surface area contributed by atoms with E-state index in [1.165, 1.54) is 5.56 Å². The zero-order valence-electron chi connectivity index (χ0n) is 16.9. The number of piperazine rings is 1. The molecule has 0 radical (unpaired) electrons. The zero-order chi connectivity index (χ0) is 19.0. The van der Waals surface area contributed by atoms with Gasteiger partial charge in [-0.05, 0) is 42.6 Å². The van der Waals surface area contributed by atoms with Gasteiger partial charge in [-0.25, -0.2) is 0 Å². The second-order valence-electron chi connectivity index (χ2n) is 8.04. The van der Waals surface area contributed by atoms with Gasteiger partial charge in [0, 0.05) is 32.7 Å². The normalized spacial score (nSPS) is 16.5. The summed E-state index contributed by atoms with van der Waals surface area (Å²) in [6.07, 6.45) is 0.984. The fourth-order valence-electron chi connectivity index (χ4n) is 3.11. The van der Waals surface area contributed by atoms with Gasteiger partial charge < -0.3 is 19.9 Å². The van der Waals surface area contributed by atoms with Gasteiger partial charge in [0.1, 0.15) is 5.75 Å². The predicted molar refractivity (Wildman–Crippen MR) is 107 cm³/mol. The molecule has 1 fully saturated rings. The van der Waals surface area contributed by atoms with Gasteiger partial charge in [0.25, 0.3) is 5.91 Å². The lowest BCUT2D eigenvalue weighted by molar-refractivity contribution is -0.123. The summed E-state index contributed by atoms with van der Waals surface area (Å²) in [6.45, 7) is 16.3. The van der Waals surface area contributed by atoms with Crippen molar-refractivity contribution in [3.8, 4) is 5.75 Å². The molecule has 5 nitrogen and oxygen atoms in total. The van der Waals surface area contributed by atoms with Gasteiger partial charge in [0.2, 0.25) is 0 Å². The average molecular weight is 362 g/mol. The molecule has 5 heteroatoms. The zero-order valence-corrected chi connectivity index (χ0v) is 16.9. The van der Waals surface area contributed by atoms with Crippen molar-refractivity contribution < 1.29 is 9.53 Å². The molecule has 0 aromatic heterocycles. The van der Waals surface area contributed by atoms with E-state index in [-0.39, 0.29) is 17.9 Å². The molecule has 0 unspecified atom stereocenters. The minimum Gasteiger partial charge on any atom is -0.484 e. The van der Waals surface area contributed by atoms with Crippen molar-refractivity contribution in [1.29, 1.82) is 0 Å². The Hall–Kier alpha value is -1.59. The van der Waals surface area contributed by atoms with E-state index in [4.69, 9.17) is 4.74 Å². The lowest BCUT2D eigenvalue weighted by atomic mass is 9.87. The fourth-order valence-corrected chi connectivity index (χ4v) is 3.11. The molecular formula is C21H35N3O2. The lowest BCUT2D eigenvalue weighted by Gasteiger charge is -2.33. The topological polar surface area (TPSA) is 44.8 Å². The van der Waals surface area contributed by atoms with Crippen LogP contribution >= 0.6 is 0 Å². The van der Waals surface area contributed by atoms with E-state index in [2.05, 4.69) is 54.9 Å². The van der Waals surface area contributed by atoms with E-state index in [1.54, 1.807) is 0 Å². The summed E-state index contributed by atoms with van der Waals surface area (Å²) >= 11 is 0. The third-order valence-corrected chi connectivity index (χ3v) is 4.98. The van der Waals surface area contributed by atoms with Gasteiger partial charge in [-0.1, -0.05) is 39.8 Å². The van der Waals surface area contributed by atoms with E-state index < -0.39 is 0 Å². The van der Waals surface area contributed by atoms with E-state index >= 15 is 0 Å². The number of ether oxygens (including phenoxy) is 1. The third-order valence-electron chi connectivity index (χ3n) is 4.98. The molecule has 146 valence electrons. The summed E-state index contributed by atoms with van der Waals surface area (Å²) in [4.78, 5) is 16.9. The number of carbonyl (C=O) groups is 1. The van der Waals surface area contributed by atoms with Crippen LogP contribution in [0.15, 0.2) is 24.3 Å². The smallest absolute Gasteiger partial charge is 0.257 e. The summed E-state index contributed by atoms with van der Waals surface area (Å²) in [5.41, 5.74) is 1.38. The maximum atomic E-state index is 11.9. The summed E-state index contributed by atoms with van der Waals surface area (Å²) in [6, 6.07) is 7.99. The number of nitrogens with one attached hydrogen (secondary N) is 1.